The Morgan fingerprint density at radius 1 is 1.03 bits per heavy atom. The molecule has 0 aromatic heterocycles. The Bertz CT molecular complexity index is 1110. The summed E-state index contributed by atoms with van der Waals surface area (Å²) in [7, 11) is 0. The van der Waals surface area contributed by atoms with E-state index in [1.165, 1.54) is 44.0 Å². The van der Waals surface area contributed by atoms with E-state index in [0.717, 1.165) is 32.4 Å². The van der Waals surface area contributed by atoms with Gasteiger partial charge >= 0.3 is 0 Å². The van der Waals surface area contributed by atoms with Crippen LogP contribution >= 0.6 is 0 Å². The first-order chi connectivity index (χ1) is 17.8. The number of hydrogen-bond acceptors (Lipinski definition) is 4. The van der Waals surface area contributed by atoms with E-state index >= 15 is 0 Å². The number of likely N-dealkylation sites (tertiary alicyclic amines) is 2. The molecule has 3 fully saturated rings. The van der Waals surface area contributed by atoms with E-state index in [-0.39, 0.29) is 29.3 Å². The number of halogens is 2. The van der Waals surface area contributed by atoms with E-state index < -0.39 is 17.7 Å². The molecule has 1 saturated carbocycles. The molecule has 37 heavy (non-hydrogen) atoms. The first-order valence-electron chi connectivity index (χ1n) is 13.7. The predicted octanol–water partition coefficient (Wildman–Crippen LogP) is 5.51. The Morgan fingerprint density at radius 2 is 1.81 bits per heavy atom. The molecule has 0 bridgehead atoms. The van der Waals surface area contributed by atoms with Crippen molar-refractivity contribution in [2.75, 3.05) is 39.3 Å². The van der Waals surface area contributed by atoms with Gasteiger partial charge in [-0.2, -0.15) is 0 Å². The number of aliphatic hydroxyl groups excluding tert-OH is 1. The van der Waals surface area contributed by atoms with Crippen LogP contribution in [0.15, 0.2) is 36.4 Å². The summed E-state index contributed by atoms with van der Waals surface area (Å²) in [5.74, 6) is -0.812. The number of carbonyl (C=O) groups is 1. The number of β-amino-alcohol motifs (C(OH)–C–C–N with tert-alkyl or cyclic N) is 1. The second kappa shape index (κ2) is 11.1. The minimum atomic E-state index is -0.584. The van der Waals surface area contributed by atoms with Gasteiger partial charge in [0.15, 0.2) is 11.6 Å². The lowest BCUT2D eigenvalue weighted by Gasteiger charge is -2.44. The summed E-state index contributed by atoms with van der Waals surface area (Å²) >= 11 is 0. The van der Waals surface area contributed by atoms with Crippen molar-refractivity contribution < 1.29 is 23.4 Å². The molecule has 5 nitrogen and oxygen atoms in total. The molecule has 2 aromatic rings. The molecular formula is C30H38F2N2O3. The van der Waals surface area contributed by atoms with Crippen LogP contribution in [0.5, 0.6) is 5.75 Å². The number of benzene rings is 2. The van der Waals surface area contributed by atoms with Crippen molar-refractivity contribution in [3.8, 4) is 16.9 Å². The Morgan fingerprint density at radius 3 is 2.46 bits per heavy atom. The fraction of sp³-hybridized carbons (Fsp3) is 0.567. The first-order valence-corrected chi connectivity index (χ1v) is 13.7. The highest BCUT2D eigenvalue weighted by molar-refractivity contribution is 5.95. The van der Waals surface area contributed by atoms with Gasteiger partial charge < -0.3 is 19.6 Å². The third-order valence-corrected chi connectivity index (χ3v) is 8.49. The normalized spacial score (nSPS) is 22.5. The summed E-state index contributed by atoms with van der Waals surface area (Å²) in [6.45, 7) is 7.00. The molecule has 1 aliphatic carbocycles. The van der Waals surface area contributed by atoms with Gasteiger partial charge in [-0.05, 0) is 92.8 Å². The molecule has 2 aromatic carbocycles. The zero-order chi connectivity index (χ0) is 26.0. The number of carbonyl (C=O) groups excluding carboxylic acids is 1. The molecule has 0 spiro atoms. The topological polar surface area (TPSA) is 53.0 Å². The second-order valence-corrected chi connectivity index (χ2v) is 11.6. The lowest BCUT2D eigenvalue weighted by Crippen LogP contribution is -2.44. The zero-order valence-electron chi connectivity index (χ0n) is 21.7. The quantitative estimate of drug-likeness (QED) is 0.532. The van der Waals surface area contributed by atoms with Crippen molar-refractivity contribution in [3.63, 3.8) is 0 Å². The predicted molar refractivity (Wildman–Crippen MR) is 140 cm³/mol. The van der Waals surface area contributed by atoms with Crippen LogP contribution in [-0.4, -0.2) is 66.2 Å². The van der Waals surface area contributed by atoms with Crippen LogP contribution in [0.4, 0.5) is 8.78 Å². The average molecular weight is 513 g/mol. The monoisotopic (exact) mass is 512 g/mol. The standard InChI is InChI=1S/C30H38F2N2O3/c1-30(11-3-12-30)20-33-14-9-21(10-15-33)19-37-28-8-6-22(16-27(28)32)25-7-5-23(17-26(25)31)29(36)34-13-2-4-24(35)18-34/h5-8,16-17,21,24,35H,2-4,9-15,18-20H2,1H3/t24-/m1/s1. The maximum Gasteiger partial charge on any atom is 0.254 e. The number of aliphatic hydroxyl groups is 1. The molecular weight excluding hydrogens is 474 g/mol. The largest absolute Gasteiger partial charge is 0.490 e. The van der Waals surface area contributed by atoms with Crippen molar-refractivity contribution in [2.24, 2.45) is 11.3 Å². The summed E-state index contributed by atoms with van der Waals surface area (Å²) < 4.78 is 35.6. The third kappa shape index (κ3) is 6.15. The fourth-order valence-electron chi connectivity index (χ4n) is 5.99. The van der Waals surface area contributed by atoms with Crippen LogP contribution in [0.25, 0.3) is 11.1 Å². The van der Waals surface area contributed by atoms with Gasteiger partial charge in [-0.25, -0.2) is 8.78 Å². The fourth-order valence-corrected chi connectivity index (χ4v) is 5.99. The van der Waals surface area contributed by atoms with Crippen molar-refractivity contribution in [1.29, 1.82) is 0 Å². The third-order valence-electron chi connectivity index (χ3n) is 8.49. The Hall–Kier alpha value is -2.51. The van der Waals surface area contributed by atoms with Crippen LogP contribution in [0, 0.1) is 23.0 Å². The highest BCUT2D eigenvalue weighted by Crippen LogP contribution is 2.41. The van der Waals surface area contributed by atoms with Gasteiger partial charge in [-0.1, -0.05) is 25.5 Å². The van der Waals surface area contributed by atoms with Crippen LogP contribution in [0.1, 0.15) is 62.2 Å². The number of nitrogens with zero attached hydrogens (tertiary/aromatic N) is 2. The summed E-state index contributed by atoms with van der Waals surface area (Å²) in [6.07, 6.45) is 6.99. The Labute approximate surface area is 218 Å². The summed E-state index contributed by atoms with van der Waals surface area (Å²) in [5.41, 5.74) is 1.35. The Kier molecular flexibility index (Phi) is 7.82. The summed E-state index contributed by atoms with van der Waals surface area (Å²) in [6, 6.07) is 8.76. The minimum absolute atomic E-state index is 0.184. The number of amides is 1. The highest BCUT2D eigenvalue weighted by Gasteiger charge is 2.34. The number of piperidine rings is 2. The van der Waals surface area contributed by atoms with Crippen LogP contribution in [0.2, 0.25) is 0 Å². The van der Waals surface area contributed by atoms with E-state index in [4.69, 9.17) is 4.74 Å². The van der Waals surface area contributed by atoms with Crippen LogP contribution < -0.4 is 4.74 Å². The van der Waals surface area contributed by atoms with Gasteiger partial charge in [0.1, 0.15) is 5.82 Å². The molecule has 0 radical (unpaired) electrons. The van der Waals surface area contributed by atoms with E-state index in [2.05, 4.69) is 11.8 Å². The maximum absolute atomic E-state index is 14.9. The Balaban J connectivity index is 1.16. The molecule has 0 unspecified atom stereocenters. The van der Waals surface area contributed by atoms with Gasteiger partial charge in [0, 0.05) is 30.8 Å². The minimum Gasteiger partial charge on any atom is -0.490 e. The van der Waals surface area contributed by atoms with E-state index in [1.807, 2.05) is 0 Å². The molecule has 5 rings (SSSR count). The molecule has 200 valence electrons. The number of rotatable bonds is 7. The highest BCUT2D eigenvalue weighted by atomic mass is 19.1. The van der Waals surface area contributed by atoms with Crippen LogP contribution in [-0.2, 0) is 0 Å². The lowest BCUT2D eigenvalue weighted by atomic mass is 9.70. The molecule has 1 atom stereocenters. The summed E-state index contributed by atoms with van der Waals surface area (Å²) in [4.78, 5) is 16.8. The molecule has 1 amide bonds. The van der Waals surface area contributed by atoms with Gasteiger partial charge in [0.2, 0.25) is 0 Å². The second-order valence-electron chi connectivity index (χ2n) is 11.6. The zero-order valence-corrected chi connectivity index (χ0v) is 21.7. The molecule has 3 aliphatic rings. The van der Waals surface area contributed by atoms with Crippen molar-refractivity contribution in [2.45, 2.75) is 58.0 Å². The lowest BCUT2D eigenvalue weighted by molar-refractivity contribution is 0.0473. The van der Waals surface area contributed by atoms with E-state index in [1.54, 1.807) is 23.1 Å². The van der Waals surface area contributed by atoms with E-state index in [0.29, 0.717) is 36.5 Å². The molecule has 2 heterocycles. The molecule has 2 aliphatic heterocycles. The number of hydrogen-bond donors (Lipinski definition) is 1. The first kappa shape index (κ1) is 26.1. The number of ether oxygens (including phenoxy) is 1. The van der Waals surface area contributed by atoms with Gasteiger partial charge in [0.05, 0.1) is 12.7 Å². The molecule has 2 saturated heterocycles. The maximum atomic E-state index is 14.9. The van der Waals surface area contributed by atoms with Gasteiger partial charge in [0.25, 0.3) is 5.91 Å². The van der Waals surface area contributed by atoms with Crippen molar-refractivity contribution in [3.05, 3.63) is 53.6 Å². The van der Waals surface area contributed by atoms with Crippen molar-refractivity contribution >= 4 is 5.91 Å². The van der Waals surface area contributed by atoms with Crippen molar-refractivity contribution in [1.82, 2.24) is 9.80 Å². The smallest absolute Gasteiger partial charge is 0.254 e. The van der Waals surface area contributed by atoms with Gasteiger partial charge in [-0.15, -0.1) is 0 Å². The average Bonchev–Trinajstić information content (AvgIpc) is 2.87. The van der Waals surface area contributed by atoms with E-state index in [9.17, 15) is 18.7 Å². The summed E-state index contributed by atoms with van der Waals surface area (Å²) in [5, 5.41) is 9.83. The molecule has 7 heteroatoms. The van der Waals surface area contributed by atoms with Gasteiger partial charge in [-0.3, -0.25) is 4.79 Å². The molecule has 1 N–H and O–H groups in total. The van der Waals surface area contributed by atoms with Crippen LogP contribution in [0.3, 0.4) is 0 Å². The SMILES string of the molecule is CC1(CN2CCC(COc3ccc(-c4ccc(C(=O)N5CCC[C@@H](O)C5)cc4F)cc3F)CC2)CCC1.